The van der Waals surface area contributed by atoms with Gasteiger partial charge in [-0.15, -0.1) is 11.3 Å². The van der Waals surface area contributed by atoms with Gasteiger partial charge in [-0.05, 0) is 29.6 Å². The molecular weight excluding hydrogens is 312 g/mol. The van der Waals surface area contributed by atoms with Gasteiger partial charge in [-0.3, -0.25) is 4.79 Å². The minimum absolute atomic E-state index is 0.0374. The molecule has 1 heterocycles. The van der Waals surface area contributed by atoms with E-state index in [9.17, 15) is 4.79 Å². The summed E-state index contributed by atoms with van der Waals surface area (Å²) in [7, 11) is 0. The number of hydrogen-bond acceptors (Lipinski definition) is 3. The predicted molar refractivity (Wildman–Crippen MR) is 78.8 cm³/mol. The SMILES string of the molecule is O=C(CNCc1cccs1)Nc1cccc(Br)c1. The fourth-order valence-corrected chi connectivity index (χ4v) is 2.56. The van der Waals surface area contributed by atoms with Gasteiger partial charge in [0.1, 0.15) is 0 Å². The summed E-state index contributed by atoms with van der Waals surface area (Å²) in [5, 5.41) is 7.97. The Morgan fingerprint density at radius 1 is 1.28 bits per heavy atom. The molecule has 2 aromatic rings. The molecule has 0 saturated carbocycles. The van der Waals surface area contributed by atoms with Gasteiger partial charge < -0.3 is 10.6 Å². The maximum absolute atomic E-state index is 11.7. The number of carbonyl (C=O) groups is 1. The van der Waals surface area contributed by atoms with Gasteiger partial charge in [0, 0.05) is 21.6 Å². The van der Waals surface area contributed by atoms with Crippen molar-refractivity contribution in [1.82, 2.24) is 5.32 Å². The van der Waals surface area contributed by atoms with Crippen LogP contribution in [0.2, 0.25) is 0 Å². The van der Waals surface area contributed by atoms with Crippen molar-refractivity contribution in [1.29, 1.82) is 0 Å². The highest BCUT2D eigenvalue weighted by Gasteiger charge is 2.02. The molecule has 0 aliphatic rings. The molecule has 1 amide bonds. The lowest BCUT2D eigenvalue weighted by Crippen LogP contribution is -2.27. The lowest BCUT2D eigenvalue weighted by atomic mass is 10.3. The van der Waals surface area contributed by atoms with Gasteiger partial charge in [0.15, 0.2) is 0 Å². The van der Waals surface area contributed by atoms with E-state index in [0.717, 1.165) is 16.7 Å². The second-order valence-electron chi connectivity index (χ2n) is 3.74. The molecule has 0 aliphatic carbocycles. The van der Waals surface area contributed by atoms with E-state index in [1.165, 1.54) is 4.88 Å². The van der Waals surface area contributed by atoms with Gasteiger partial charge in [-0.25, -0.2) is 0 Å². The molecule has 2 rings (SSSR count). The summed E-state index contributed by atoms with van der Waals surface area (Å²) in [4.78, 5) is 12.9. The zero-order valence-electron chi connectivity index (χ0n) is 9.65. The lowest BCUT2D eigenvalue weighted by Gasteiger charge is -2.06. The van der Waals surface area contributed by atoms with Crippen LogP contribution in [0.1, 0.15) is 4.88 Å². The Balaban J connectivity index is 1.75. The molecule has 1 aromatic heterocycles. The third-order valence-corrected chi connectivity index (χ3v) is 3.64. The van der Waals surface area contributed by atoms with Gasteiger partial charge in [0.25, 0.3) is 0 Å². The van der Waals surface area contributed by atoms with Gasteiger partial charge in [0.2, 0.25) is 5.91 Å². The Hall–Kier alpha value is -1.17. The quantitative estimate of drug-likeness (QED) is 0.886. The molecule has 0 aliphatic heterocycles. The van der Waals surface area contributed by atoms with Crippen LogP contribution in [-0.2, 0) is 11.3 Å². The minimum Gasteiger partial charge on any atom is -0.325 e. The van der Waals surface area contributed by atoms with Gasteiger partial charge in [-0.1, -0.05) is 28.1 Å². The number of thiophene rings is 1. The number of rotatable bonds is 5. The van der Waals surface area contributed by atoms with Crippen LogP contribution >= 0.6 is 27.3 Å². The second-order valence-corrected chi connectivity index (χ2v) is 5.69. The van der Waals surface area contributed by atoms with Gasteiger partial charge in [-0.2, -0.15) is 0 Å². The van der Waals surface area contributed by atoms with E-state index in [2.05, 4.69) is 26.6 Å². The minimum atomic E-state index is -0.0374. The smallest absolute Gasteiger partial charge is 0.238 e. The van der Waals surface area contributed by atoms with Crippen molar-refractivity contribution in [2.45, 2.75) is 6.54 Å². The maximum atomic E-state index is 11.7. The van der Waals surface area contributed by atoms with Crippen molar-refractivity contribution in [2.75, 3.05) is 11.9 Å². The van der Waals surface area contributed by atoms with Crippen LogP contribution < -0.4 is 10.6 Å². The standard InChI is InChI=1S/C13H13BrN2OS/c14-10-3-1-4-11(7-10)16-13(17)9-15-8-12-5-2-6-18-12/h1-7,15H,8-9H2,(H,16,17). The molecule has 0 spiro atoms. The van der Waals surface area contributed by atoms with Crippen molar-refractivity contribution >= 4 is 38.9 Å². The number of nitrogens with one attached hydrogen (secondary N) is 2. The van der Waals surface area contributed by atoms with E-state index in [0.29, 0.717) is 6.54 Å². The van der Waals surface area contributed by atoms with E-state index in [1.54, 1.807) is 11.3 Å². The Morgan fingerprint density at radius 3 is 2.89 bits per heavy atom. The van der Waals surface area contributed by atoms with Gasteiger partial charge in [0.05, 0.1) is 6.54 Å². The van der Waals surface area contributed by atoms with Crippen LogP contribution in [0.5, 0.6) is 0 Å². The van der Waals surface area contributed by atoms with Crippen LogP contribution in [0, 0.1) is 0 Å². The molecular formula is C13H13BrN2OS. The van der Waals surface area contributed by atoms with Crippen molar-refractivity contribution in [3.05, 3.63) is 51.1 Å². The number of anilines is 1. The topological polar surface area (TPSA) is 41.1 Å². The van der Waals surface area contributed by atoms with Crippen LogP contribution in [0.3, 0.4) is 0 Å². The zero-order chi connectivity index (χ0) is 12.8. The molecule has 0 unspecified atom stereocenters. The largest absolute Gasteiger partial charge is 0.325 e. The van der Waals surface area contributed by atoms with Gasteiger partial charge >= 0.3 is 0 Å². The average molecular weight is 325 g/mol. The summed E-state index contributed by atoms with van der Waals surface area (Å²) in [6.45, 7) is 1.04. The zero-order valence-corrected chi connectivity index (χ0v) is 12.1. The lowest BCUT2D eigenvalue weighted by molar-refractivity contribution is -0.115. The first-order chi connectivity index (χ1) is 8.74. The molecule has 18 heavy (non-hydrogen) atoms. The normalized spacial score (nSPS) is 10.3. The third-order valence-electron chi connectivity index (χ3n) is 2.27. The molecule has 0 saturated heterocycles. The van der Waals surface area contributed by atoms with E-state index < -0.39 is 0 Å². The molecule has 2 N–H and O–H groups in total. The van der Waals surface area contributed by atoms with Crippen molar-refractivity contribution < 1.29 is 4.79 Å². The first-order valence-electron chi connectivity index (χ1n) is 5.52. The van der Waals surface area contributed by atoms with Crippen molar-refractivity contribution in [3.8, 4) is 0 Å². The molecule has 1 aromatic carbocycles. The molecule has 0 fully saturated rings. The predicted octanol–water partition coefficient (Wildman–Crippen LogP) is 3.24. The first kappa shape index (κ1) is 13.3. The summed E-state index contributed by atoms with van der Waals surface area (Å²) in [5.41, 5.74) is 0.798. The fraction of sp³-hybridized carbons (Fsp3) is 0.154. The highest BCUT2D eigenvalue weighted by atomic mass is 79.9. The van der Waals surface area contributed by atoms with E-state index >= 15 is 0 Å². The molecule has 0 bridgehead atoms. The fourth-order valence-electron chi connectivity index (χ4n) is 1.48. The molecule has 0 radical (unpaired) electrons. The number of amides is 1. The van der Waals surface area contributed by atoms with Crippen LogP contribution in [0.4, 0.5) is 5.69 Å². The number of hydrogen-bond donors (Lipinski definition) is 2. The molecule has 5 heteroatoms. The average Bonchev–Trinajstić information content (AvgIpc) is 2.82. The van der Waals surface area contributed by atoms with Crippen molar-refractivity contribution in [2.24, 2.45) is 0 Å². The molecule has 0 atom stereocenters. The summed E-state index contributed by atoms with van der Waals surface area (Å²) in [6.07, 6.45) is 0. The van der Waals surface area contributed by atoms with E-state index in [4.69, 9.17) is 0 Å². The molecule has 3 nitrogen and oxygen atoms in total. The first-order valence-corrected chi connectivity index (χ1v) is 7.20. The summed E-state index contributed by atoms with van der Waals surface area (Å²) in [6, 6.07) is 11.6. The number of halogens is 1. The maximum Gasteiger partial charge on any atom is 0.238 e. The van der Waals surface area contributed by atoms with E-state index in [-0.39, 0.29) is 5.91 Å². The number of benzene rings is 1. The van der Waals surface area contributed by atoms with Crippen LogP contribution in [0.15, 0.2) is 46.3 Å². The Morgan fingerprint density at radius 2 is 2.17 bits per heavy atom. The highest BCUT2D eigenvalue weighted by Crippen LogP contribution is 2.15. The van der Waals surface area contributed by atoms with Crippen molar-refractivity contribution in [3.63, 3.8) is 0 Å². The third kappa shape index (κ3) is 4.25. The summed E-state index contributed by atoms with van der Waals surface area (Å²) >= 11 is 5.05. The molecule has 94 valence electrons. The van der Waals surface area contributed by atoms with Crippen LogP contribution in [-0.4, -0.2) is 12.5 Å². The second kappa shape index (κ2) is 6.68. The number of carbonyl (C=O) groups excluding carboxylic acids is 1. The Labute approximate surface area is 118 Å². The monoisotopic (exact) mass is 324 g/mol. The van der Waals surface area contributed by atoms with Crippen LogP contribution in [0.25, 0.3) is 0 Å². The summed E-state index contributed by atoms with van der Waals surface area (Å²) < 4.78 is 0.951. The summed E-state index contributed by atoms with van der Waals surface area (Å²) in [5.74, 6) is -0.0374. The Kier molecular flexibility index (Phi) is 4.92. The Bertz CT molecular complexity index is 513. The van der Waals surface area contributed by atoms with E-state index in [1.807, 2.05) is 41.8 Å². The highest BCUT2D eigenvalue weighted by molar-refractivity contribution is 9.10.